The lowest BCUT2D eigenvalue weighted by Gasteiger charge is -2.42. The van der Waals surface area contributed by atoms with Crippen LogP contribution in [0.5, 0.6) is 5.75 Å². The summed E-state index contributed by atoms with van der Waals surface area (Å²) in [6.45, 7) is 10.0. The van der Waals surface area contributed by atoms with E-state index in [9.17, 15) is 18.4 Å². The highest BCUT2D eigenvalue weighted by Crippen LogP contribution is 2.34. The highest BCUT2D eigenvalue weighted by molar-refractivity contribution is 5.98. The van der Waals surface area contributed by atoms with Gasteiger partial charge in [-0.15, -0.1) is 24.8 Å². The molecule has 3 aromatic carbocycles. The first-order valence-electron chi connectivity index (χ1n) is 16.4. The molecule has 0 unspecified atom stereocenters. The van der Waals surface area contributed by atoms with Crippen molar-refractivity contribution in [1.29, 1.82) is 0 Å². The molecule has 260 valence electrons. The molecule has 0 radical (unpaired) electrons. The molecule has 3 aliphatic rings. The number of nitrogens with one attached hydrogen (secondary N) is 2. The van der Waals surface area contributed by atoms with Gasteiger partial charge in [-0.25, -0.2) is 8.78 Å². The maximum absolute atomic E-state index is 14.7. The molecule has 6 rings (SSSR count). The maximum atomic E-state index is 14.7. The molecule has 3 saturated heterocycles. The Balaban J connectivity index is 0.00000260. The fraction of sp³-hybridized carbons (Fsp3) is 0.444. The van der Waals surface area contributed by atoms with E-state index >= 15 is 0 Å². The first kappa shape index (κ1) is 37.4. The van der Waals surface area contributed by atoms with E-state index in [0.29, 0.717) is 48.6 Å². The van der Waals surface area contributed by atoms with E-state index in [1.807, 2.05) is 17.0 Å². The smallest absolute Gasteiger partial charge is 0.254 e. The van der Waals surface area contributed by atoms with E-state index in [1.54, 1.807) is 29.2 Å². The number of hydrogen-bond donors (Lipinski definition) is 2. The summed E-state index contributed by atoms with van der Waals surface area (Å²) in [5.74, 6) is -0.169. The molecule has 0 bridgehead atoms. The van der Waals surface area contributed by atoms with E-state index in [-0.39, 0.29) is 60.5 Å². The van der Waals surface area contributed by atoms with Crippen molar-refractivity contribution in [1.82, 2.24) is 20.4 Å². The molecule has 2 N–H and O–H groups in total. The number of carbonyl (C=O) groups is 2. The molecule has 48 heavy (non-hydrogen) atoms. The lowest BCUT2D eigenvalue weighted by Crippen LogP contribution is -2.57. The number of hydrogen-bond acceptors (Lipinski definition) is 6. The van der Waals surface area contributed by atoms with E-state index in [1.165, 1.54) is 24.3 Å². The number of nitrogens with zero attached hydrogens (tertiary/aromatic N) is 3. The number of amides is 2. The molecule has 8 nitrogen and oxygen atoms in total. The fourth-order valence-electron chi connectivity index (χ4n) is 6.73. The third-order valence-corrected chi connectivity index (χ3v) is 9.08. The Morgan fingerprint density at radius 3 is 2.27 bits per heavy atom. The third kappa shape index (κ3) is 8.77. The van der Waals surface area contributed by atoms with Gasteiger partial charge >= 0.3 is 0 Å². The van der Waals surface area contributed by atoms with Gasteiger partial charge in [0.2, 0.25) is 0 Å². The Labute approximate surface area is 294 Å². The monoisotopic (exact) mass is 703 g/mol. The van der Waals surface area contributed by atoms with Crippen molar-refractivity contribution in [3.63, 3.8) is 0 Å². The molecule has 12 heteroatoms. The molecule has 2 atom stereocenters. The van der Waals surface area contributed by atoms with Gasteiger partial charge in [-0.05, 0) is 79.4 Å². The first-order valence-corrected chi connectivity index (χ1v) is 16.4. The Kier molecular flexibility index (Phi) is 13.1. The van der Waals surface area contributed by atoms with Gasteiger partial charge < -0.3 is 30.1 Å². The van der Waals surface area contributed by atoms with Crippen LogP contribution in [0.15, 0.2) is 60.7 Å². The highest BCUT2D eigenvalue weighted by Gasteiger charge is 2.34. The molecule has 0 aliphatic carbocycles. The van der Waals surface area contributed by atoms with Crippen molar-refractivity contribution in [3.05, 3.63) is 83.4 Å². The number of ether oxygens (including phenoxy) is 1. The van der Waals surface area contributed by atoms with Crippen molar-refractivity contribution in [3.8, 4) is 16.9 Å². The summed E-state index contributed by atoms with van der Waals surface area (Å²) in [4.78, 5) is 33.6. The number of anilines is 1. The van der Waals surface area contributed by atoms with E-state index in [4.69, 9.17) is 4.74 Å². The summed E-state index contributed by atoms with van der Waals surface area (Å²) >= 11 is 0. The lowest BCUT2D eigenvalue weighted by molar-refractivity contribution is 0.0351. The average molecular weight is 705 g/mol. The summed E-state index contributed by atoms with van der Waals surface area (Å²) in [5, 5.41) is 6.61. The molecule has 3 heterocycles. The minimum Gasteiger partial charge on any atom is -0.488 e. The molecule has 0 aromatic heterocycles. The second-order valence-electron chi connectivity index (χ2n) is 12.9. The summed E-state index contributed by atoms with van der Waals surface area (Å²) in [6, 6.07) is 16.1. The zero-order valence-corrected chi connectivity index (χ0v) is 29.1. The van der Waals surface area contributed by atoms with Crippen LogP contribution in [0.4, 0.5) is 14.5 Å². The van der Waals surface area contributed by atoms with Gasteiger partial charge in [-0.3, -0.25) is 9.59 Å². The molecule has 3 fully saturated rings. The predicted molar refractivity (Wildman–Crippen MR) is 190 cm³/mol. The van der Waals surface area contributed by atoms with Gasteiger partial charge in [-0.2, -0.15) is 0 Å². The van der Waals surface area contributed by atoms with Gasteiger partial charge in [0.05, 0.1) is 0 Å². The highest BCUT2D eigenvalue weighted by atomic mass is 35.5. The molecule has 2 amide bonds. The van der Waals surface area contributed by atoms with Crippen LogP contribution in [0.25, 0.3) is 11.1 Å². The van der Waals surface area contributed by atoms with Crippen molar-refractivity contribution < 1.29 is 23.1 Å². The number of halogens is 4. The van der Waals surface area contributed by atoms with Crippen LogP contribution in [0.2, 0.25) is 0 Å². The fourth-order valence-corrected chi connectivity index (χ4v) is 6.73. The Morgan fingerprint density at radius 2 is 1.58 bits per heavy atom. The lowest BCUT2D eigenvalue weighted by atomic mass is 9.97. The largest absolute Gasteiger partial charge is 0.488 e. The standard InChI is InChI=1S/C36H43F2N5O3.2ClH/c1-24(2)17-31-23-42(35(44)27-18-29(38)21-30(19-27)41-13-11-39-12-14-41)15-16-43(31)36(45)26-5-8-34(46-32-9-10-40-22-32)33(20-26)25-3-6-28(37)7-4-25;;/h3-8,18-21,24,31-32,39-40H,9-17,22-23H2,1-2H3;2*1H/t31-,32-;;/m0../s1. The minimum absolute atomic E-state index is 0. The Morgan fingerprint density at radius 1 is 0.833 bits per heavy atom. The summed E-state index contributed by atoms with van der Waals surface area (Å²) in [5.41, 5.74) is 3.05. The van der Waals surface area contributed by atoms with Gasteiger partial charge in [0.15, 0.2) is 0 Å². The van der Waals surface area contributed by atoms with Crippen LogP contribution in [0.1, 0.15) is 47.4 Å². The minimum atomic E-state index is -0.430. The van der Waals surface area contributed by atoms with Crippen molar-refractivity contribution in [2.24, 2.45) is 5.92 Å². The van der Waals surface area contributed by atoms with E-state index in [0.717, 1.165) is 56.8 Å². The summed E-state index contributed by atoms with van der Waals surface area (Å²) in [7, 11) is 0. The Hall–Kier alpha value is -3.44. The van der Waals surface area contributed by atoms with Gasteiger partial charge in [-0.1, -0.05) is 26.0 Å². The topological polar surface area (TPSA) is 77.2 Å². The van der Waals surface area contributed by atoms with Crippen molar-refractivity contribution >= 4 is 42.3 Å². The predicted octanol–water partition coefficient (Wildman–Crippen LogP) is 5.64. The second-order valence-corrected chi connectivity index (χ2v) is 12.9. The van der Waals surface area contributed by atoms with Gasteiger partial charge in [0.1, 0.15) is 23.5 Å². The molecular formula is C36H45Cl2F2N5O3. The van der Waals surface area contributed by atoms with Crippen LogP contribution in [-0.2, 0) is 0 Å². The van der Waals surface area contributed by atoms with E-state index < -0.39 is 5.82 Å². The molecule has 3 aliphatic heterocycles. The maximum Gasteiger partial charge on any atom is 0.254 e. The normalized spacial score (nSPS) is 19.5. The molecule has 0 saturated carbocycles. The zero-order chi connectivity index (χ0) is 32.2. The van der Waals surface area contributed by atoms with Crippen LogP contribution in [0, 0.1) is 17.6 Å². The van der Waals surface area contributed by atoms with Crippen molar-refractivity contribution in [2.75, 3.05) is 63.8 Å². The summed E-state index contributed by atoms with van der Waals surface area (Å²) < 4.78 is 34.9. The number of piperazine rings is 2. The molecule has 3 aromatic rings. The SMILES string of the molecule is CC(C)C[C@H]1CN(C(=O)c2cc(F)cc(N3CCNCC3)c2)CCN1C(=O)c1ccc(O[C@H]2CCNC2)c(-c2ccc(F)cc2)c1.Cl.Cl. The number of benzene rings is 3. The third-order valence-electron chi connectivity index (χ3n) is 9.08. The van der Waals surface area contributed by atoms with Gasteiger partial charge in [0, 0.05) is 80.8 Å². The van der Waals surface area contributed by atoms with Crippen LogP contribution < -0.4 is 20.3 Å². The molecular weight excluding hydrogens is 659 g/mol. The van der Waals surface area contributed by atoms with E-state index in [2.05, 4.69) is 29.4 Å². The quantitative estimate of drug-likeness (QED) is 0.317. The number of rotatable bonds is 8. The van der Waals surface area contributed by atoms with Crippen LogP contribution in [0.3, 0.4) is 0 Å². The molecule has 0 spiro atoms. The number of carbonyl (C=O) groups excluding carboxylic acids is 2. The average Bonchev–Trinajstić information content (AvgIpc) is 3.58. The van der Waals surface area contributed by atoms with Crippen LogP contribution in [-0.4, -0.2) is 92.7 Å². The second kappa shape index (κ2) is 16.8. The van der Waals surface area contributed by atoms with Gasteiger partial charge in [0.25, 0.3) is 11.8 Å². The Bertz CT molecular complexity index is 1550. The summed E-state index contributed by atoms with van der Waals surface area (Å²) in [6.07, 6.45) is 1.62. The zero-order valence-electron chi connectivity index (χ0n) is 27.4. The van der Waals surface area contributed by atoms with Crippen LogP contribution >= 0.6 is 24.8 Å². The first-order chi connectivity index (χ1) is 22.2. The van der Waals surface area contributed by atoms with Crippen molar-refractivity contribution in [2.45, 2.75) is 38.8 Å².